The van der Waals surface area contributed by atoms with E-state index in [0.29, 0.717) is 10.8 Å². The smallest absolute Gasteiger partial charge is 0.471 e. The van der Waals surface area contributed by atoms with Crippen LogP contribution in [0.5, 0.6) is 5.75 Å². The van der Waals surface area contributed by atoms with Gasteiger partial charge < -0.3 is 10.1 Å². The van der Waals surface area contributed by atoms with Crippen LogP contribution in [0, 0.1) is 0 Å². The molecule has 0 aliphatic heterocycles. The summed E-state index contributed by atoms with van der Waals surface area (Å²) in [6.45, 7) is -0.922. The van der Waals surface area contributed by atoms with Gasteiger partial charge in [0.25, 0.3) is 0 Å². The van der Waals surface area contributed by atoms with Gasteiger partial charge >= 0.3 is 12.1 Å². The van der Waals surface area contributed by atoms with Gasteiger partial charge in [-0.3, -0.25) is 4.79 Å². The second-order valence-electron chi connectivity index (χ2n) is 5.89. The van der Waals surface area contributed by atoms with Gasteiger partial charge in [0.2, 0.25) is 0 Å². The number of carbonyl (C=O) groups excluding carboxylic acids is 1. The fraction of sp³-hybridized carbons (Fsp3) is 0.158. The van der Waals surface area contributed by atoms with Crippen molar-refractivity contribution in [3.05, 3.63) is 59.4 Å². The molecule has 0 aliphatic rings. The molecule has 2 aromatic carbocycles. The lowest BCUT2D eigenvalue weighted by molar-refractivity contribution is -0.173. The summed E-state index contributed by atoms with van der Waals surface area (Å²) >= 11 is 7.46. The predicted octanol–water partition coefficient (Wildman–Crippen LogP) is 5.53. The number of hydrogen-bond donors (Lipinski definition) is 1. The van der Waals surface area contributed by atoms with Crippen LogP contribution in [-0.2, 0) is 4.79 Å². The number of rotatable bonds is 6. The highest BCUT2D eigenvalue weighted by Gasteiger charge is 2.38. The minimum absolute atomic E-state index is 0.108. The molecule has 0 atom stereocenters. The number of ether oxygens (including phenoxy) is 1. The summed E-state index contributed by atoms with van der Waals surface area (Å²) in [5, 5.41) is 3.00. The molecule has 0 unspecified atom stereocenters. The van der Waals surface area contributed by atoms with Crippen LogP contribution in [0.4, 0.5) is 17.6 Å². The van der Waals surface area contributed by atoms with E-state index in [4.69, 9.17) is 16.3 Å². The zero-order valence-electron chi connectivity index (χ0n) is 14.6. The van der Waals surface area contributed by atoms with E-state index in [1.807, 2.05) is 12.1 Å². The first-order valence-electron chi connectivity index (χ1n) is 8.19. The van der Waals surface area contributed by atoms with Crippen LogP contribution in [-0.4, -0.2) is 30.2 Å². The van der Waals surface area contributed by atoms with Crippen LogP contribution in [0.25, 0.3) is 20.8 Å². The van der Waals surface area contributed by atoms with E-state index < -0.39 is 18.6 Å². The quantitative estimate of drug-likeness (QED) is 0.509. The van der Waals surface area contributed by atoms with Crippen molar-refractivity contribution in [2.45, 2.75) is 6.18 Å². The average molecular weight is 445 g/mol. The number of alkyl halides is 3. The Morgan fingerprint density at radius 2 is 1.93 bits per heavy atom. The van der Waals surface area contributed by atoms with Crippen LogP contribution in [0.15, 0.2) is 54.4 Å². The molecule has 29 heavy (non-hydrogen) atoms. The second-order valence-corrected chi connectivity index (χ2v) is 7.36. The number of nitrogens with zero attached hydrogens (tertiary/aromatic N) is 1. The van der Waals surface area contributed by atoms with Crippen molar-refractivity contribution in [1.82, 2.24) is 10.3 Å². The van der Waals surface area contributed by atoms with Gasteiger partial charge in [-0.05, 0) is 42.5 Å². The van der Waals surface area contributed by atoms with E-state index in [9.17, 15) is 22.4 Å². The molecule has 0 bridgehead atoms. The molecule has 1 heterocycles. The normalized spacial score (nSPS) is 12.2. The molecule has 0 spiro atoms. The zero-order valence-corrected chi connectivity index (χ0v) is 16.2. The Labute approximate surface area is 171 Å². The first-order valence-corrected chi connectivity index (χ1v) is 9.38. The molecule has 152 valence electrons. The summed E-state index contributed by atoms with van der Waals surface area (Å²) in [6, 6.07) is 12.2. The Bertz CT molecular complexity index is 1050. The fourth-order valence-corrected chi connectivity index (χ4v) is 3.55. The van der Waals surface area contributed by atoms with Gasteiger partial charge in [0.15, 0.2) is 0 Å². The summed E-state index contributed by atoms with van der Waals surface area (Å²) < 4.78 is 55.6. The summed E-state index contributed by atoms with van der Waals surface area (Å²) in [5.41, 5.74) is 1.52. The monoisotopic (exact) mass is 444 g/mol. The maximum Gasteiger partial charge on any atom is 0.471 e. The van der Waals surface area contributed by atoms with Crippen LogP contribution in [0.2, 0.25) is 5.02 Å². The maximum absolute atomic E-state index is 12.8. The molecule has 10 heteroatoms. The van der Waals surface area contributed by atoms with Gasteiger partial charge in [-0.2, -0.15) is 13.2 Å². The van der Waals surface area contributed by atoms with E-state index in [1.54, 1.807) is 35.6 Å². The molecule has 1 amide bonds. The van der Waals surface area contributed by atoms with E-state index in [2.05, 4.69) is 4.98 Å². The molecule has 0 radical (unpaired) electrons. The largest absolute Gasteiger partial charge is 0.489 e. The number of benzene rings is 2. The lowest BCUT2D eigenvalue weighted by Gasteiger charge is -2.11. The summed E-state index contributed by atoms with van der Waals surface area (Å²) in [7, 11) is 0. The molecular weight excluding hydrogens is 432 g/mol. The third-order valence-electron chi connectivity index (χ3n) is 3.76. The first kappa shape index (κ1) is 21.1. The summed E-state index contributed by atoms with van der Waals surface area (Å²) in [5.74, 6) is -1.75. The molecule has 4 nitrogen and oxygen atoms in total. The van der Waals surface area contributed by atoms with E-state index in [0.717, 1.165) is 20.8 Å². The van der Waals surface area contributed by atoms with Crippen LogP contribution >= 0.6 is 22.9 Å². The molecule has 3 rings (SSSR count). The van der Waals surface area contributed by atoms with Crippen molar-refractivity contribution in [2.24, 2.45) is 0 Å². The Morgan fingerprint density at radius 1 is 1.21 bits per heavy atom. The molecule has 0 fully saturated rings. The summed E-state index contributed by atoms with van der Waals surface area (Å²) in [4.78, 5) is 15.3. The SMILES string of the molecule is O=C(NCC(=CF)COc1ccc(-c2nc3ccc(Cl)cc3s2)cc1)C(F)(F)F. The van der Waals surface area contributed by atoms with Crippen molar-refractivity contribution in [3.63, 3.8) is 0 Å². The number of fused-ring (bicyclic) bond motifs is 1. The Hall–Kier alpha value is -2.65. The average Bonchev–Trinajstić information content (AvgIpc) is 3.10. The molecule has 0 saturated carbocycles. The van der Waals surface area contributed by atoms with Gasteiger partial charge in [0.05, 0.1) is 16.5 Å². The van der Waals surface area contributed by atoms with E-state index in [1.165, 1.54) is 11.3 Å². The van der Waals surface area contributed by atoms with Gasteiger partial charge in [0.1, 0.15) is 17.4 Å². The van der Waals surface area contributed by atoms with Crippen molar-refractivity contribution in [1.29, 1.82) is 0 Å². The molecule has 0 aliphatic carbocycles. The standard InChI is InChI=1S/C19H13ClF4N2O2S/c20-13-3-6-15-16(7-13)29-17(26-15)12-1-4-14(5-2-12)28-10-11(8-21)9-25-18(27)19(22,23)24/h1-8H,9-10H2,(H,25,27). The number of amides is 1. The minimum atomic E-state index is -5.02. The molecular formula is C19H13ClF4N2O2S. The number of aromatic nitrogens is 1. The fourth-order valence-electron chi connectivity index (χ4n) is 2.31. The van der Waals surface area contributed by atoms with Gasteiger partial charge in [0, 0.05) is 22.7 Å². The third kappa shape index (κ3) is 5.45. The summed E-state index contributed by atoms with van der Waals surface area (Å²) in [6.07, 6.45) is -4.92. The highest BCUT2D eigenvalue weighted by atomic mass is 35.5. The lowest BCUT2D eigenvalue weighted by atomic mass is 10.2. The number of thiazole rings is 1. The van der Waals surface area contributed by atoms with E-state index >= 15 is 0 Å². The molecule has 0 saturated heterocycles. The van der Waals surface area contributed by atoms with Crippen molar-refractivity contribution in [2.75, 3.05) is 13.2 Å². The lowest BCUT2D eigenvalue weighted by Crippen LogP contribution is -2.38. The molecule has 3 aromatic rings. The third-order valence-corrected chi connectivity index (χ3v) is 5.07. The number of carbonyl (C=O) groups is 1. The second kappa shape index (κ2) is 8.79. The van der Waals surface area contributed by atoms with Crippen molar-refractivity contribution in [3.8, 4) is 16.3 Å². The Kier molecular flexibility index (Phi) is 6.39. The zero-order chi connectivity index (χ0) is 21.0. The maximum atomic E-state index is 12.8. The van der Waals surface area contributed by atoms with Gasteiger partial charge in [-0.15, -0.1) is 11.3 Å². The van der Waals surface area contributed by atoms with Gasteiger partial charge in [-0.25, -0.2) is 9.37 Å². The Balaban J connectivity index is 1.60. The minimum Gasteiger partial charge on any atom is -0.489 e. The number of hydrogen-bond acceptors (Lipinski definition) is 4. The topological polar surface area (TPSA) is 51.2 Å². The van der Waals surface area contributed by atoms with Crippen LogP contribution < -0.4 is 10.1 Å². The number of halogens is 5. The molecule has 1 N–H and O–H groups in total. The first-order chi connectivity index (χ1) is 13.8. The highest BCUT2D eigenvalue weighted by Crippen LogP contribution is 2.32. The van der Waals surface area contributed by atoms with Crippen molar-refractivity contribution < 1.29 is 27.1 Å². The van der Waals surface area contributed by atoms with Gasteiger partial charge in [-0.1, -0.05) is 11.6 Å². The van der Waals surface area contributed by atoms with Crippen LogP contribution in [0.1, 0.15) is 0 Å². The highest BCUT2D eigenvalue weighted by molar-refractivity contribution is 7.21. The van der Waals surface area contributed by atoms with Crippen LogP contribution in [0.3, 0.4) is 0 Å². The number of nitrogens with one attached hydrogen (secondary N) is 1. The Morgan fingerprint density at radius 3 is 2.59 bits per heavy atom. The predicted molar refractivity (Wildman–Crippen MR) is 104 cm³/mol. The molecule has 1 aromatic heterocycles. The van der Waals surface area contributed by atoms with Crippen molar-refractivity contribution >= 4 is 39.1 Å². The van der Waals surface area contributed by atoms with E-state index in [-0.39, 0.29) is 18.5 Å².